The molecule has 0 bridgehead atoms. The van der Waals surface area contributed by atoms with Crippen LogP contribution >= 0.6 is 0 Å². The molecule has 27 heavy (non-hydrogen) atoms. The Labute approximate surface area is 158 Å². The van der Waals surface area contributed by atoms with Gasteiger partial charge >= 0.3 is 0 Å². The first kappa shape index (κ1) is 17.2. The van der Waals surface area contributed by atoms with E-state index in [1.165, 1.54) is 5.56 Å². The van der Waals surface area contributed by atoms with Crippen molar-refractivity contribution >= 4 is 11.9 Å². The predicted octanol–water partition coefficient (Wildman–Crippen LogP) is 3.41. The first-order valence-corrected chi connectivity index (χ1v) is 9.03. The third-order valence-corrected chi connectivity index (χ3v) is 4.78. The Hall–Kier alpha value is -3.22. The number of methoxy groups -OCH3 is 1. The van der Waals surface area contributed by atoms with Crippen LogP contribution in [0.3, 0.4) is 0 Å². The van der Waals surface area contributed by atoms with Gasteiger partial charge in [0, 0.05) is 0 Å². The van der Waals surface area contributed by atoms with Gasteiger partial charge in [0.25, 0.3) is 0 Å². The molecule has 7 nitrogen and oxygen atoms in total. The third kappa shape index (κ3) is 3.40. The van der Waals surface area contributed by atoms with Gasteiger partial charge in [0.05, 0.1) is 25.8 Å². The van der Waals surface area contributed by atoms with E-state index in [0.29, 0.717) is 12.6 Å². The second-order valence-corrected chi connectivity index (χ2v) is 6.47. The Kier molecular flexibility index (Phi) is 4.58. The van der Waals surface area contributed by atoms with Gasteiger partial charge in [-0.3, -0.25) is 0 Å². The van der Waals surface area contributed by atoms with E-state index in [2.05, 4.69) is 33.6 Å². The molecule has 0 unspecified atom stereocenters. The minimum Gasteiger partial charge on any atom is -0.497 e. The summed E-state index contributed by atoms with van der Waals surface area (Å²) in [4.78, 5) is 4.35. The zero-order valence-corrected chi connectivity index (χ0v) is 15.4. The molecule has 1 aliphatic heterocycles. The fourth-order valence-electron chi connectivity index (χ4n) is 3.50. The molecular formula is C20H23N5O2. The van der Waals surface area contributed by atoms with Gasteiger partial charge in [0.15, 0.2) is 0 Å². The van der Waals surface area contributed by atoms with Gasteiger partial charge in [0.2, 0.25) is 11.9 Å². The zero-order chi connectivity index (χ0) is 18.8. The normalized spacial score (nSPS) is 18.4. The number of nitrogens with one attached hydrogen (secondary N) is 1. The molecule has 0 saturated heterocycles. The molecule has 7 heteroatoms. The lowest BCUT2D eigenvalue weighted by Crippen LogP contribution is -2.28. The minimum atomic E-state index is 0.0118. The van der Waals surface area contributed by atoms with Crippen LogP contribution in [0.4, 0.5) is 11.9 Å². The lowest BCUT2D eigenvalue weighted by atomic mass is 9.93. The molecule has 1 aliphatic rings. The summed E-state index contributed by atoms with van der Waals surface area (Å²) in [7, 11) is 1.67. The molecule has 1 aromatic heterocycles. The number of ether oxygens (including phenoxy) is 2. The molecule has 3 aromatic rings. The Bertz CT molecular complexity index is 922. The smallest absolute Gasteiger partial charge is 0.241 e. The predicted molar refractivity (Wildman–Crippen MR) is 104 cm³/mol. The lowest BCUT2D eigenvalue weighted by Gasteiger charge is -2.31. The Morgan fingerprint density at radius 2 is 1.96 bits per heavy atom. The molecule has 0 amide bonds. The second-order valence-electron chi connectivity index (χ2n) is 6.47. The van der Waals surface area contributed by atoms with Crippen LogP contribution in [-0.2, 0) is 0 Å². The molecule has 0 aliphatic carbocycles. The molecule has 0 fully saturated rings. The summed E-state index contributed by atoms with van der Waals surface area (Å²) >= 11 is 0. The van der Waals surface area contributed by atoms with Crippen molar-refractivity contribution in [2.24, 2.45) is 0 Å². The van der Waals surface area contributed by atoms with Crippen molar-refractivity contribution in [2.45, 2.75) is 25.4 Å². The van der Waals surface area contributed by atoms with Gasteiger partial charge in [-0.05, 0) is 48.7 Å². The van der Waals surface area contributed by atoms with Crippen LogP contribution in [0.2, 0.25) is 0 Å². The summed E-state index contributed by atoms with van der Waals surface area (Å²) in [5, 5.41) is 7.84. The van der Waals surface area contributed by atoms with Crippen molar-refractivity contribution in [1.82, 2.24) is 14.8 Å². The van der Waals surface area contributed by atoms with Crippen LogP contribution in [0.15, 0.2) is 48.5 Å². The molecule has 4 rings (SSSR count). The van der Waals surface area contributed by atoms with E-state index >= 15 is 0 Å². The number of nitrogens with two attached hydrogens (primary N) is 1. The van der Waals surface area contributed by atoms with Crippen molar-refractivity contribution in [3.8, 4) is 11.5 Å². The van der Waals surface area contributed by atoms with Crippen LogP contribution in [0, 0.1) is 0 Å². The van der Waals surface area contributed by atoms with E-state index in [0.717, 1.165) is 23.5 Å². The molecule has 0 radical (unpaired) electrons. The quantitative estimate of drug-likeness (QED) is 0.720. The summed E-state index contributed by atoms with van der Waals surface area (Å²) in [5.41, 5.74) is 8.14. The monoisotopic (exact) mass is 365 g/mol. The second kappa shape index (κ2) is 7.19. The Balaban J connectivity index is 1.68. The first-order chi connectivity index (χ1) is 13.2. The Morgan fingerprint density at radius 3 is 2.70 bits per heavy atom. The number of hydrogen-bond donors (Lipinski definition) is 2. The van der Waals surface area contributed by atoms with E-state index in [1.807, 2.05) is 41.9 Å². The fraction of sp³-hybridized carbons (Fsp3) is 0.300. The number of anilines is 2. The van der Waals surface area contributed by atoms with Gasteiger partial charge in [-0.25, -0.2) is 4.68 Å². The zero-order valence-electron chi connectivity index (χ0n) is 15.4. The molecule has 140 valence electrons. The number of benzene rings is 2. The molecular weight excluding hydrogens is 342 g/mol. The van der Waals surface area contributed by atoms with Crippen LogP contribution in [-0.4, -0.2) is 28.5 Å². The maximum absolute atomic E-state index is 5.87. The molecule has 3 N–H and O–H groups in total. The summed E-state index contributed by atoms with van der Waals surface area (Å²) < 4.78 is 12.8. The maximum Gasteiger partial charge on any atom is 0.241 e. The number of nitrogens with zero attached hydrogens (tertiary/aromatic N) is 3. The third-order valence-electron chi connectivity index (χ3n) is 4.78. The maximum atomic E-state index is 5.87. The molecule has 2 aromatic carbocycles. The number of hydrogen-bond acceptors (Lipinski definition) is 6. The van der Waals surface area contributed by atoms with Crippen molar-refractivity contribution in [1.29, 1.82) is 0 Å². The SMILES string of the molecule is CCOc1ccc([C@H]2C[C@@H](c3cccc(OC)c3)n3nc(N)nc3N2)cc1. The largest absolute Gasteiger partial charge is 0.497 e. The molecule has 2 atom stereocenters. The standard InChI is InChI=1S/C20H23N5O2/c1-3-27-15-9-7-13(8-10-15)17-12-18(14-5-4-6-16(11-14)26-2)25-20(22-17)23-19(21)24-25/h4-11,17-18H,3,12H2,1-2H3,(H3,21,22,23,24)/t17-,18+/m1/s1. The highest BCUT2D eigenvalue weighted by atomic mass is 16.5. The van der Waals surface area contributed by atoms with Crippen LogP contribution in [0.1, 0.15) is 36.6 Å². The highest BCUT2D eigenvalue weighted by Gasteiger charge is 2.31. The number of nitrogen functional groups attached to an aromatic ring is 1. The minimum absolute atomic E-state index is 0.0118. The highest BCUT2D eigenvalue weighted by molar-refractivity contribution is 5.43. The van der Waals surface area contributed by atoms with E-state index in [4.69, 9.17) is 15.2 Å². The van der Waals surface area contributed by atoms with Crippen molar-refractivity contribution in [2.75, 3.05) is 24.8 Å². The first-order valence-electron chi connectivity index (χ1n) is 9.03. The van der Waals surface area contributed by atoms with Crippen LogP contribution in [0.25, 0.3) is 0 Å². The average molecular weight is 365 g/mol. The van der Waals surface area contributed by atoms with Crippen molar-refractivity contribution in [3.63, 3.8) is 0 Å². The Morgan fingerprint density at radius 1 is 1.15 bits per heavy atom. The van der Waals surface area contributed by atoms with Gasteiger partial charge in [-0.1, -0.05) is 24.3 Å². The summed E-state index contributed by atoms with van der Waals surface area (Å²) in [6.45, 7) is 2.63. The lowest BCUT2D eigenvalue weighted by molar-refractivity contribution is 0.340. The van der Waals surface area contributed by atoms with E-state index in [9.17, 15) is 0 Å². The van der Waals surface area contributed by atoms with E-state index < -0.39 is 0 Å². The highest BCUT2D eigenvalue weighted by Crippen LogP contribution is 2.39. The van der Waals surface area contributed by atoms with E-state index in [-0.39, 0.29) is 18.0 Å². The molecule has 0 saturated carbocycles. The summed E-state index contributed by atoms with van der Waals surface area (Å²) in [6.07, 6.45) is 0.816. The topological polar surface area (TPSA) is 87.2 Å². The number of rotatable bonds is 5. The van der Waals surface area contributed by atoms with Crippen LogP contribution in [0.5, 0.6) is 11.5 Å². The van der Waals surface area contributed by atoms with Crippen molar-refractivity contribution < 1.29 is 9.47 Å². The van der Waals surface area contributed by atoms with Gasteiger partial charge in [-0.2, -0.15) is 4.98 Å². The fourth-order valence-corrected chi connectivity index (χ4v) is 3.50. The van der Waals surface area contributed by atoms with Gasteiger partial charge in [-0.15, -0.1) is 5.10 Å². The summed E-state index contributed by atoms with van der Waals surface area (Å²) in [5.74, 6) is 2.62. The molecule has 0 spiro atoms. The average Bonchev–Trinajstić information content (AvgIpc) is 3.08. The number of fused-ring (bicyclic) bond motifs is 1. The molecule has 2 heterocycles. The van der Waals surface area contributed by atoms with E-state index in [1.54, 1.807) is 7.11 Å². The van der Waals surface area contributed by atoms with Crippen LogP contribution < -0.4 is 20.5 Å². The summed E-state index contributed by atoms with van der Waals surface area (Å²) in [6, 6.07) is 16.3. The number of aromatic nitrogens is 3. The van der Waals surface area contributed by atoms with Crippen molar-refractivity contribution in [3.05, 3.63) is 59.7 Å². The van der Waals surface area contributed by atoms with Gasteiger partial charge < -0.3 is 20.5 Å². The van der Waals surface area contributed by atoms with Gasteiger partial charge in [0.1, 0.15) is 11.5 Å².